The third kappa shape index (κ3) is 3.32. The second-order valence-corrected chi connectivity index (χ2v) is 4.43. The second kappa shape index (κ2) is 5.99. The van der Waals surface area contributed by atoms with Crippen molar-refractivity contribution in [1.29, 1.82) is 0 Å². The molecule has 1 saturated carbocycles. The number of carbonyl (C=O) groups excluding carboxylic acids is 1. The van der Waals surface area contributed by atoms with Crippen LogP contribution in [0.15, 0.2) is 16.5 Å². The summed E-state index contributed by atoms with van der Waals surface area (Å²) in [5.41, 5.74) is 2.05. The molecule has 2 rings (SSSR count). The largest absolute Gasteiger partial charge is 0.455 e. The zero-order valence-electron chi connectivity index (χ0n) is 10.5. The third-order valence-corrected chi connectivity index (χ3v) is 3.02. The van der Waals surface area contributed by atoms with Crippen LogP contribution in [0.2, 0.25) is 0 Å². The number of nitrogens with zero attached hydrogens (tertiary/aromatic N) is 1. The molecule has 1 aromatic heterocycles. The van der Waals surface area contributed by atoms with E-state index in [1.54, 1.807) is 13.2 Å². The Labute approximate surface area is 106 Å². The van der Waals surface area contributed by atoms with Gasteiger partial charge in [-0.2, -0.15) is 0 Å². The van der Waals surface area contributed by atoms with E-state index in [0.29, 0.717) is 19.2 Å². The van der Waals surface area contributed by atoms with Gasteiger partial charge in [-0.3, -0.25) is 15.1 Å². The number of amides is 1. The summed E-state index contributed by atoms with van der Waals surface area (Å²) in [6.45, 7) is 2.28. The number of nitrogens with two attached hydrogens (primary N) is 1. The van der Waals surface area contributed by atoms with Gasteiger partial charge in [0.25, 0.3) is 0 Å². The molecule has 3 N–H and O–H groups in total. The molecule has 0 radical (unpaired) electrons. The van der Waals surface area contributed by atoms with Gasteiger partial charge in [-0.15, -0.1) is 0 Å². The SMILES string of the molecule is COCCN(Cc1ccc(C(=O)NN)o1)C1CC1. The molecule has 0 unspecified atom stereocenters. The molecule has 1 aliphatic carbocycles. The molecule has 100 valence electrons. The maximum absolute atomic E-state index is 11.3. The van der Waals surface area contributed by atoms with Gasteiger partial charge in [-0.25, -0.2) is 5.84 Å². The molecular weight excluding hydrogens is 234 g/mol. The van der Waals surface area contributed by atoms with E-state index < -0.39 is 5.91 Å². The minimum absolute atomic E-state index is 0.245. The molecule has 1 aliphatic rings. The van der Waals surface area contributed by atoms with Crippen LogP contribution in [0.4, 0.5) is 0 Å². The van der Waals surface area contributed by atoms with Crippen LogP contribution in [0.3, 0.4) is 0 Å². The Balaban J connectivity index is 1.93. The second-order valence-electron chi connectivity index (χ2n) is 4.43. The molecule has 1 fully saturated rings. The van der Waals surface area contributed by atoms with Crippen molar-refractivity contribution in [3.8, 4) is 0 Å². The molecule has 0 spiro atoms. The smallest absolute Gasteiger partial charge is 0.300 e. The van der Waals surface area contributed by atoms with Crippen LogP contribution in [-0.4, -0.2) is 37.1 Å². The fourth-order valence-corrected chi connectivity index (χ4v) is 1.90. The quantitative estimate of drug-likeness (QED) is 0.420. The number of nitrogen functional groups attached to an aromatic ring is 1. The average Bonchev–Trinajstić information content (AvgIpc) is 3.13. The standard InChI is InChI=1S/C12H19N3O3/c1-17-7-6-15(9-2-3-9)8-10-4-5-11(18-10)12(16)14-13/h4-5,9H,2-3,6-8,13H2,1H3,(H,14,16). The molecule has 18 heavy (non-hydrogen) atoms. The van der Waals surface area contributed by atoms with Crippen molar-refractivity contribution in [3.63, 3.8) is 0 Å². The van der Waals surface area contributed by atoms with Gasteiger partial charge in [0, 0.05) is 19.7 Å². The summed E-state index contributed by atoms with van der Waals surface area (Å²) in [4.78, 5) is 13.6. The van der Waals surface area contributed by atoms with E-state index in [9.17, 15) is 4.79 Å². The van der Waals surface area contributed by atoms with Crippen LogP contribution in [0.5, 0.6) is 0 Å². The zero-order chi connectivity index (χ0) is 13.0. The number of rotatable bonds is 7. The van der Waals surface area contributed by atoms with Gasteiger partial charge in [0.05, 0.1) is 13.2 Å². The molecule has 0 atom stereocenters. The van der Waals surface area contributed by atoms with Crippen molar-refractivity contribution < 1.29 is 13.9 Å². The van der Waals surface area contributed by atoms with Crippen molar-refractivity contribution in [2.45, 2.75) is 25.4 Å². The van der Waals surface area contributed by atoms with Crippen LogP contribution in [0, 0.1) is 0 Å². The van der Waals surface area contributed by atoms with E-state index >= 15 is 0 Å². The van der Waals surface area contributed by atoms with Crippen molar-refractivity contribution in [2.24, 2.45) is 5.84 Å². The minimum Gasteiger partial charge on any atom is -0.455 e. The number of ether oxygens (including phenoxy) is 1. The number of carbonyl (C=O) groups is 1. The fraction of sp³-hybridized carbons (Fsp3) is 0.583. The average molecular weight is 253 g/mol. The number of furan rings is 1. The van der Waals surface area contributed by atoms with Gasteiger partial charge in [0.2, 0.25) is 0 Å². The molecule has 1 amide bonds. The van der Waals surface area contributed by atoms with Crippen LogP contribution < -0.4 is 11.3 Å². The first-order valence-electron chi connectivity index (χ1n) is 6.07. The Morgan fingerprint density at radius 2 is 2.39 bits per heavy atom. The summed E-state index contributed by atoms with van der Waals surface area (Å²) >= 11 is 0. The lowest BCUT2D eigenvalue weighted by Crippen LogP contribution is -2.30. The molecule has 6 nitrogen and oxygen atoms in total. The van der Waals surface area contributed by atoms with Crippen molar-refractivity contribution >= 4 is 5.91 Å². The Hall–Kier alpha value is -1.37. The molecule has 0 aliphatic heterocycles. The molecule has 0 aromatic carbocycles. The highest BCUT2D eigenvalue weighted by Crippen LogP contribution is 2.28. The lowest BCUT2D eigenvalue weighted by atomic mass is 10.3. The first-order valence-corrected chi connectivity index (χ1v) is 6.07. The summed E-state index contributed by atoms with van der Waals surface area (Å²) in [6.07, 6.45) is 2.45. The van der Waals surface area contributed by atoms with Gasteiger partial charge < -0.3 is 9.15 Å². The highest BCUT2D eigenvalue weighted by Gasteiger charge is 2.29. The Bertz CT molecular complexity index is 401. The maximum Gasteiger partial charge on any atom is 0.300 e. The van der Waals surface area contributed by atoms with Gasteiger partial charge >= 0.3 is 5.91 Å². The van der Waals surface area contributed by atoms with Crippen LogP contribution in [0.1, 0.15) is 29.2 Å². The highest BCUT2D eigenvalue weighted by atomic mass is 16.5. The number of hydrogen-bond acceptors (Lipinski definition) is 5. The summed E-state index contributed by atoms with van der Waals surface area (Å²) in [7, 11) is 1.70. The maximum atomic E-state index is 11.3. The van der Waals surface area contributed by atoms with E-state index in [1.165, 1.54) is 12.8 Å². The molecule has 1 aromatic rings. The monoisotopic (exact) mass is 253 g/mol. The third-order valence-electron chi connectivity index (χ3n) is 3.02. The lowest BCUT2D eigenvalue weighted by molar-refractivity contribution is 0.0919. The van der Waals surface area contributed by atoms with E-state index in [2.05, 4.69) is 10.3 Å². The topological polar surface area (TPSA) is 80.7 Å². The molecule has 1 heterocycles. The number of methoxy groups -OCH3 is 1. The van der Waals surface area contributed by atoms with Crippen LogP contribution in [-0.2, 0) is 11.3 Å². The zero-order valence-corrected chi connectivity index (χ0v) is 10.5. The molecule has 0 saturated heterocycles. The van der Waals surface area contributed by atoms with Crippen molar-refractivity contribution in [2.75, 3.05) is 20.3 Å². The Kier molecular flexibility index (Phi) is 4.35. The first-order chi connectivity index (χ1) is 8.74. The van der Waals surface area contributed by atoms with Gasteiger partial charge in [-0.05, 0) is 25.0 Å². The molecular formula is C12H19N3O3. The predicted molar refractivity (Wildman–Crippen MR) is 65.7 cm³/mol. The predicted octanol–water partition coefficient (Wildman–Crippen LogP) is 0.494. The van der Waals surface area contributed by atoms with Gasteiger partial charge in [0.1, 0.15) is 5.76 Å². The van der Waals surface area contributed by atoms with Crippen molar-refractivity contribution in [3.05, 3.63) is 23.7 Å². The van der Waals surface area contributed by atoms with E-state index in [-0.39, 0.29) is 5.76 Å². The molecule has 0 bridgehead atoms. The Morgan fingerprint density at radius 1 is 1.61 bits per heavy atom. The van der Waals surface area contributed by atoms with Crippen LogP contribution in [0.25, 0.3) is 0 Å². The minimum atomic E-state index is -0.406. The Morgan fingerprint density at radius 3 is 3.00 bits per heavy atom. The van der Waals surface area contributed by atoms with E-state index in [1.807, 2.05) is 6.07 Å². The highest BCUT2D eigenvalue weighted by molar-refractivity contribution is 5.90. The number of nitrogens with one attached hydrogen (secondary N) is 1. The fourth-order valence-electron chi connectivity index (χ4n) is 1.90. The number of hydrogen-bond donors (Lipinski definition) is 2. The van der Waals surface area contributed by atoms with Crippen LogP contribution >= 0.6 is 0 Å². The summed E-state index contributed by atoms with van der Waals surface area (Å²) < 4.78 is 10.5. The normalized spacial score (nSPS) is 15.1. The number of hydrazine groups is 1. The summed E-state index contributed by atoms with van der Waals surface area (Å²) in [6, 6.07) is 4.07. The van der Waals surface area contributed by atoms with Gasteiger partial charge in [0.15, 0.2) is 5.76 Å². The first kappa shape index (κ1) is 13.1. The lowest BCUT2D eigenvalue weighted by Gasteiger charge is -2.19. The molecule has 6 heteroatoms. The van der Waals surface area contributed by atoms with E-state index in [4.69, 9.17) is 15.0 Å². The van der Waals surface area contributed by atoms with Crippen molar-refractivity contribution in [1.82, 2.24) is 10.3 Å². The van der Waals surface area contributed by atoms with E-state index in [0.717, 1.165) is 12.3 Å². The van der Waals surface area contributed by atoms with Gasteiger partial charge in [-0.1, -0.05) is 0 Å². The summed E-state index contributed by atoms with van der Waals surface area (Å²) in [5.74, 6) is 5.67. The summed E-state index contributed by atoms with van der Waals surface area (Å²) in [5, 5.41) is 0.